The molecule has 1 aromatic heterocycles. The van der Waals surface area contributed by atoms with Crippen LogP contribution in [0.1, 0.15) is 0 Å². The van der Waals surface area contributed by atoms with Crippen molar-refractivity contribution in [3.8, 4) is 22.8 Å². The minimum Gasteiger partial charge on any atom is -0.497 e. The number of methoxy groups -OCH3 is 1. The third-order valence-corrected chi connectivity index (χ3v) is 5.40. The quantitative estimate of drug-likeness (QED) is 0.468. The van der Waals surface area contributed by atoms with Crippen LogP contribution in [0.3, 0.4) is 0 Å². The number of ether oxygens (including phenoxy) is 1. The maximum Gasteiger partial charge on any atom is 0.406 e. The summed E-state index contributed by atoms with van der Waals surface area (Å²) in [5.41, 5.74) is 1.44. The fourth-order valence-corrected chi connectivity index (χ4v) is 3.73. The molecule has 0 aliphatic rings. The Bertz CT molecular complexity index is 1040. The lowest BCUT2D eigenvalue weighted by Crippen LogP contribution is -2.36. The van der Waals surface area contributed by atoms with Crippen LogP contribution in [0.4, 0.5) is 13.2 Å². The number of aromatic nitrogens is 3. The van der Waals surface area contributed by atoms with E-state index in [2.05, 4.69) is 10.2 Å². The number of amides is 1. The Morgan fingerprint density at radius 1 is 1.13 bits per heavy atom. The van der Waals surface area contributed by atoms with Gasteiger partial charge in [-0.15, -0.1) is 10.2 Å². The first-order valence-electron chi connectivity index (χ1n) is 8.97. The average Bonchev–Trinajstić information content (AvgIpc) is 3.15. The van der Waals surface area contributed by atoms with Crippen molar-refractivity contribution in [3.63, 3.8) is 0 Å². The summed E-state index contributed by atoms with van der Waals surface area (Å²) in [4.78, 5) is 12.8. The number of thioether (sulfide) groups is 1. The molecule has 0 radical (unpaired) electrons. The molecule has 11 heteroatoms. The van der Waals surface area contributed by atoms with Gasteiger partial charge in [-0.2, -0.15) is 13.2 Å². The highest BCUT2D eigenvalue weighted by Crippen LogP contribution is 2.30. The number of alkyl halides is 3. The van der Waals surface area contributed by atoms with Gasteiger partial charge in [-0.3, -0.25) is 9.36 Å². The van der Waals surface area contributed by atoms with E-state index in [4.69, 9.17) is 16.3 Å². The highest BCUT2D eigenvalue weighted by molar-refractivity contribution is 7.99. The summed E-state index contributed by atoms with van der Waals surface area (Å²) in [5.74, 6) is 0.268. The molecule has 3 aromatic rings. The molecule has 31 heavy (non-hydrogen) atoms. The van der Waals surface area contributed by atoms with Crippen LogP contribution in [0.2, 0.25) is 5.02 Å². The topological polar surface area (TPSA) is 60.2 Å². The van der Waals surface area contributed by atoms with Gasteiger partial charge >= 0.3 is 6.18 Å². The number of benzene rings is 2. The normalized spacial score (nSPS) is 11.4. The standard InChI is InChI=1S/C20H18ClF3N4O2S/c1-27(12-20(22,23)24)17(29)11-31-19-26-25-18(13-3-5-14(21)6-4-13)28(19)15-7-9-16(30-2)10-8-15/h3-10H,11-12H2,1-2H3. The maximum atomic E-state index is 12.5. The van der Waals surface area contributed by atoms with Crippen molar-refractivity contribution in [1.82, 2.24) is 19.7 Å². The Morgan fingerprint density at radius 2 is 1.77 bits per heavy atom. The summed E-state index contributed by atoms with van der Waals surface area (Å²) in [7, 11) is 2.67. The largest absolute Gasteiger partial charge is 0.497 e. The zero-order chi connectivity index (χ0) is 22.6. The predicted molar refractivity (Wildman–Crippen MR) is 113 cm³/mol. The number of nitrogens with zero attached hydrogens (tertiary/aromatic N) is 4. The van der Waals surface area contributed by atoms with Gasteiger partial charge in [0.05, 0.1) is 12.9 Å². The van der Waals surface area contributed by atoms with Crippen molar-refractivity contribution >= 4 is 29.3 Å². The lowest BCUT2D eigenvalue weighted by atomic mass is 10.2. The summed E-state index contributed by atoms with van der Waals surface area (Å²) in [6.45, 7) is -1.31. The molecule has 0 fully saturated rings. The van der Waals surface area contributed by atoms with E-state index in [1.54, 1.807) is 60.2 Å². The fourth-order valence-electron chi connectivity index (χ4n) is 2.71. The minimum atomic E-state index is -4.46. The molecule has 0 atom stereocenters. The van der Waals surface area contributed by atoms with Crippen LogP contribution in [0.5, 0.6) is 5.75 Å². The molecule has 0 N–H and O–H groups in total. The molecule has 0 spiro atoms. The first kappa shape index (κ1) is 23.0. The molecule has 3 rings (SSSR count). The van der Waals surface area contributed by atoms with Crippen LogP contribution >= 0.6 is 23.4 Å². The third kappa shape index (κ3) is 5.92. The van der Waals surface area contributed by atoms with Gasteiger partial charge in [0.2, 0.25) is 5.91 Å². The van der Waals surface area contributed by atoms with Crippen LogP contribution in [-0.2, 0) is 4.79 Å². The molecule has 0 aliphatic heterocycles. The van der Waals surface area contributed by atoms with E-state index < -0.39 is 18.6 Å². The van der Waals surface area contributed by atoms with Gasteiger partial charge in [-0.25, -0.2) is 0 Å². The van der Waals surface area contributed by atoms with E-state index in [0.29, 0.717) is 32.3 Å². The number of carbonyl (C=O) groups excluding carboxylic acids is 1. The summed E-state index contributed by atoms with van der Waals surface area (Å²) >= 11 is 6.98. The van der Waals surface area contributed by atoms with Gasteiger partial charge < -0.3 is 9.64 Å². The molecular formula is C20H18ClF3N4O2S. The monoisotopic (exact) mass is 470 g/mol. The molecule has 164 valence electrons. The summed E-state index contributed by atoms with van der Waals surface area (Å²) in [6.07, 6.45) is -4.46. The van der Waals surface area contributed by atoms with Crippen molar-refractivity contribution < 1.29 is 22.7 Å². The van der Waals surface area contributed by atoms with Gasteiger partial charge in [-0.1, -0.05) is 23.4 Å². The van der Waals surface area contributed by atoms with Gasteiger partial charge in [0.1, 0.15) is 12.3 Å². The van der Waals surface area contributed by atoms with Gasteiger partial charge in [0.25, 0.3) is 0 Å². The van der Waals surface area contributed by atoms with Crippen LogP contribution in [0.15, 0.2) is 53.7 Å². The summed E-state index contributed by atoms with van der Waals surface area (Å²) in [5, 5.41) is 9.32. The summed E-state index contributed by atoms with van der Waals surface area (Å²) in [6, 6.07) is 14.1. The number of hydrogen-bond donors (Lipinski definition) is 0. The number of rotatable bonds is 7. The average molecular weight is 471 g/mol. The van der Waals surface area contributed by atoms with Crippen LogP contribution in [-0.4, -0.2) is 58.2 Å². The van der Waals surface area contributed by atoms with E-state index >= 15 is 0 Å². The second-order valence-electron chi connectivity index (χ2n) is 6.50. The highest BCUT2D eigenvalue weighted by atomic mass is 35.5. The van der Waals surface area contributed by atoms with Crippen molar-refractivity contribution in [2.45, 2.75) is 11.3 Å². The van der Waals surface area contributed by atoms with Crippen molar-refractivity contribution in [2.24, 2.45) is 0 Å². The fraction of sp³-hybridized carbons (Fsp3) is 0.250. The molecule has 0 saturated heterocycles. The lowest BCUT2D eigenvalue weighted by molar-refractivity contribution is -0.156. The SMILES string of the molecule is COc1ccc(-n2c(SCC(=O)N(C)CC(F)(F)F)nnc2-c2ccc(Cl)cc2)cc1. The second-order valence-corrected chi connectivity index (χ2v) is 7.88. The van der Waals surface area contributed by atoms with Crippen molar-refractivity contribution in [1.29, 1.82) is 0 Å². The van der Waals surface area contributed by atoms with Crippen molar-refractivity contribution in [3.05, 3.63) is 53.6 Å². The first-order chi connectivity index (χ1) is 14.7. The Kier molecular flexibility index (Phi) is 7.11. The van der Waals surface area contributed by atoms with E-state index in [1.165, 1.54) is 0 Å². The van der Waals surface area contributed by atoms with Gasteiger partial charge in [-0.05, 0) is 48.5 Å². The molecule has 0 unspecified atom stereocenters. The highest BCUT2D eigenvalue weighted by Gasteiger charge is 2.31. The maximum absolute atomic E-state index is 12.5. The number of hydrogen-bond acceptors (Lipinski definition) is 5. The minimum absolute atomic E-state index is 0.221. The second kappa shape index (κ2) is 9.61. The molecule has 0 aliphatic carbocycles. The summed E-state index contributed by atoms with van der Waals surface area (Å²) < 4.78 is 44.6. The van der Waals surface area contributed by atoms with E-state index in [1.807, 2.05) is 0 Å². The molecule has 1 heterocycles. The van der Waals surface area contributed by atoms with Crippen LogP contribution in [0.25, 0.3) is 17.1 Å². The number of halogens is 4. The molecule has 0 bridgehead atoms. The Hall–Kier alpha value is -2.72. The van der Waals surface area contributed by atoms with Crippen LogP contribution in [0, 0.1) is 0 Å². The molecule has 2 aromatic carbocycles. The van der Waals surface area contributed by atoms with Crippen LogP contribution < -0.4 is 4.74 Å². The predicted octanol–water partition coefficient (Wildman–Crippen LogP) is 4.71. The van der Waals surface area contributed by atoms with Gasteiger partial charge in [0, 0.05) is 23.3 Å². The smallest absolute Gasteiger partial charge is 0.406 e. The molecule has 1 amide bonds. The first-order valence-corrected chi connectivity index (χ1v) is 10.3. The van der Waals surface area contributed by atoms with Crippen molar-refractivity contribution in [2.75, 3.05) is 26.5 Å². The zero-order valence-electron chi connectivity index (χ0n) is 16.6. The van der Waals surface area contributed by atoms with E-state index in [-0.39, 0.29) is 5.75 Å². The Balaban J connectivity index is 1.91. The lowest BCUT2D eigenvalue weighted by Gasteiger charge is -2.18. The molecule has 6 nitrogen and oxygen atoms in total. The molecule has 0 saturated carbocycles. The zero-order valence-corrected chi connectivity index (χ0v) is 18.1. The molecular weight excluding hydrogens is 453 g/mol. The Labute approximate surface area is 186 Å². The van der Waals surface area contributed by atoms with Gasteiger partial charge in [0.15, 0.2) is 11.0 Å². The third-order valence-electron chi connectivity index (χ3n) is 4.23. The Morgan fingerprint density at radius 3 is 2.35 bits per heavy atom. The van der Waals surface area contributed by atoms with E-state index in [0.717, 1.165) is 24.4 Å². The number of carbonyl (C=O) groups is 1. The van der Waals surface area contributed by atoms with E-state index in [9.17, 15) is 18.0 Å².